The first kappa shape index (κ1) is 3.42. The third-order valence-corrected chi connectivity index (χ3v) is 0.0423. The second kappa shape index (κ2) is 2.42. The maximum absolute atomic E-state index is 10.1. The molecule has 0 bridgehead atoms. The Bertz CT molecular complexity index is 35.8. The lowest BCUT2D eigenvalue weighted by atomic mass is 10.9. The number of rotatable bonds is 0. The summed E-state index contributed by atoms with van der Waals surface area (Å²) in [6.45, 7) is 0.736. The summed E-state index contributed by atoms with van der Waals surface area (Å²) in [5.41, 5.74) is 0. The third kappa shape index (κ3) is 1.42. The van der Waals surface area contributed by atoms with Crippen molar-refractivity contribution in [3.63, 3.8) is 0 Å². The molecule has 0 fully saturated rings. The Kier molecular flexibility index (Phi) is 2.07. The lowest BCUT2D eigenvalue weighted by Crippen LogP contribution is -1.37. The quantitative estimate of drug-likeness (QED) is 0.397. The maximum atomic E-state index is 10.1. The predicted molar refractivity (Wildman–Crippen MR) is 9.96 cm³/mol. The summed E-state index contributed by atoms with van der Waals surface area (Å²) in [4.78, 5) is 0. The van der Waals surface area contributed by atoms with Crippen LogP contribution in [0, 0.1) is 18.0 Å². The van der Waals surface area contributed by atoms with Crippen LogP contribution in [0.3, 0.4) is 0 Å². The van der Waals surface area contributed by atoms with Crippen molar-refractivity contribution in [2.75, 3.05) is 0 Å². The Morgan fingerprint density at radius 1 is 1.75 bits per heavy atom. The molecule has 0 rings (SSSR count). The van der Waals surface area contributed by atoms with E-state index in [-0.39, 0.29) is 0 Å². The molecule has 0 N–H and O–H groups in total. The summed E-state index contributed by atoms with van der Waals surface area (Å²) >= 11 is 0. The van der Waals surface area contributed by atoms with Crippen LogP contribution in [0.5, 0.6) is 0 Å². The Balaban J connectivity index is 2.43. The highest BCUT2D eigenvalue weighted by Gasteiger charge is 1.61. The van der Waals surface area contributed by atoms with Crippen LogP contribution >= 0.6 is 0 Å². The molecule has 0 atom stereocenters. The summed E-state index contributed by atoms with van der Waals surface area (Å²) < 4.78 is 10.1. The van der Waals surface area contributed by atoms with Crippen molar-refractivity contribution in [1.29, 1.82) is 5.26 Å². The van der Waals surface area contributed by atoms with Crippen molar-refractivity contribution in [3.05, 3.63) is 6.67 Å². The van der Waals surface area contributed by atoms with Gasteiger partial charge in [0.1, 0.15) is 6.07 Å². The van der Waals surface area contributed by atoms with E-state index < -0.39 is 0 Å². The molecular weight excluding hydrogens is 57.0 g/mol. The van der Waals surface area contributed by atoms with Crippen molar-refractivity contribution in [2.24, 2.45) is 0 Å². The van der Waals surface area contributed by atoms with Crippen LogP contribution in [0.2, 0.25) is 0 Å². The van der Waals surface area contributed by atoms with Crippen molar-refractivity contribution in [3.8, 4) is 6.07 Å². The van der Waals surface area contributed by atoms with E-state index in [2.05, 4.69) is 0 Å². The van der Waals surface area contributed by atoms with E-state index in [0.717, 1.165) is 12.7 Å². The Hall–Kier alpha value is -0.580. The molecule has 20 valence electrons. The fourth-order valence-electron chi connectivity index (χ4n) is 0. The zero-order valence-electron chi connectivity index (χ0n) is 1.83. The van der Waals surface area contributed by atoms with Crippen LogP contribution in [0.1, 0.15) is 0 Å². The van der Waals surface area contributed by atoms with Crippen molar-refractivity contribution < 1.29 is 4.39 Å². The average molecular weight is 57.0 g/mol. The van der Waals surface area contributed by atoms with Gasteiger partial charge in [-0.1, -0.05) is 0 Å². The highest BCUT2D eigenvalue weighted by atomic mass is 19.1. The van der Waals surface area contributed by atoms with Gasteiger partial charge in [0.15, 0.2) is 0 Å². The van der Waals surface area contributed by atoms with Crippen LogP contribution in [0.25, 0.3) is 0 Å². The van der Waals surface area contributed by atoms with Gasteiger partial charge in [-0.15, -0.1) is 0 Å². The van der Waals surface area contributed by atoms with E-state index >= 15 is 0 Å². The van der Waals surface area contributed by atoms with E-state index in [1.54, 1.807) is 0 Å². The lowest BCUT2D eigenvalue weighted by Gasteiger charge is -1.38. The van der Waals surface area contributed by atoms with E-state index in [9.17, 15) is 4.39 Å². The molecule has 0 aromatic heterocycles. The lowest BCUT2D eigenvalue weighted by molar-refractivity contribution is 0.661. The van der Waals surface area contributed by atoms with Crippen LogP contribution in [-0.4, -0.2) is 0 Å². The highest BCUT2D eigenvalue weighted by Crippen LogP contribution is 1.62. The topological polar surface area (TPSA) is 23.8 Å². The monoisotopic (exact) mass is 57.0 g/mol. The molecule has 2 heteroatoms. The van der Waals surface area contributed by atoms with Gasteiger partial charge in [-0.2, -0.15) is 5.26 Å². The van der Waals surface area contributed by atoms with Gasteiger partial charge in [0.25, 0.3) is 6.67 Å². The van der Waals surface area contributed by atoms with Crippen LogP contribution in [0.4, 0.5) is 4.39 Å². The summed E-state index contributed by atoms with van der Waals surface area (Å²) in [5.74, 6) is 0. The first-order chi connectivity index (χ1) is 1.91. The number of hydrogen-bond acceptors (Lipinski definition) is 1. The zero-order chi connectivity index (χ0) is 3.41. The molecule has 0 aromatic carbocycles. The van der Waals surface area contributed by atoms with E-state index in [0.29, 0.717) is 0 Å². The standard InChI is InChI=1S/C2FN/c3-1-2-4. The number of halogens is 1. The molecule has 0 aliphatic rings. The Morgan fingerprint density at radius 3 is 2.00 bits per heavy atom. The highest BCUT2D eigenvalue weighted by molar-refractivity contribution is 4.79. The smallest absolute Gasteiger partial charge is 0.217 e. The first-order valence-electron chi connectivity index (χ1n) is 0.663. The summed E-state index contributed by atoms with van der Waals surface area (Å²) in [5, 5.41) is 7.14. The summed E-state index contributed by atoms with van der Waals surface area (Å²) in [7, 11) is 0. The summed E-state index contributed by atoms with van der Waals surface area (Å²) in [6, 6.07) is 1.01. The normalized spacial score (nSPS) is 5.00. The summed E-state index contributed by atoms with van der Waals surface area (Å²) in [6.07, 6.45) is 0. The molecule has 0 aliphatic carbocycles. The molecule has 1 nitrogen and oxygen atoms in total. The maximum Gasteiger partial charge on any atom is 0.298 e. The van der Waals surface area contributed by atoms with Gasteiger partial charge in [-0.25, -0.2) is 4.39 Å². The molecule has 0 aromatic rings. The molecular formula is C2FN. The fourth-order valence-corrected chi connectivity index (χ4v) is 0. The van der Waals surface area contributed by atoms with Gasteiger partial charge in [-0.3, -0.25) is 0 Å². The second-order valence-corrected chi connectivity index (χ2v) is 0.206. The minimum absolute atomic E-state index is 0.736. The van der Waals surface area contributed by atoms with Crippen molar-refractivity contribution in [2.45, 2.75) is 0 Å². The SMILES string of the molecule is N#C[C]F. The molecule has 0 spiro atoms. The number of nitriles is 1. The van der Waals surface area contributed by atoms with E-state index in [4.69, 9.17) is 5.26 Å². The van der Waals surface area contributed by atoms with Gasteiger partial charge in [0.05, 0.1) is 0 Å². The van der Waals surface area contributed by atoms with Crippen LogP contribution in [0.15, 0.2) is 0 Å². The molecule has 0 saturated carbocycles. The Morgan fingerprint density at radius 2 is 2.00 bits per heavy atom. The van der Waals surface area contributed by atoms with Gasteiger partial charge < -0.3 is 0 Å². The first-order valence-corrected chi connectivity index (χ1v) is 0.663. The van der Waals surface area contributed by atoms with Crippen LogP contribution in [-0.2, 0) is 0 Å². The van der Waals surface area contributed by atoms with Gasteiger partial charge in [-0.05, 0) is 0 Å². The molecule has 0 unspecified atom stereocenters. The largest absolute Gasteiger partial charge is 0.298 e. The number of nitrogens with zero attached hydrogens (tertiary/aromatic N) is 1. The molecule has 4 heavy (non-hydrogen) atoms. The Labute approximate surface area is 23.7 Å². The fraction of sp³-hybridized carbons (Fsp3) is 0. The van der Waals surface area contributed by atoms with Gasteiger partial charge in [0.2, 0.25) is 0 Å². The number of hydrogen-bond donors (Lipinski definition) is 0. The predicted octanol–water partition coefficient (Wildman–Crippen LogP) is 0.518. The average Bonchev–Trinajstić information content (AvgIpc) is 1.37. The molecule has 0 aliphatic heterocycles. The molecule has 0 amide bonds. The van der Waals surface area contributed by atoms with E-state index in [1.165, 1.54) is 0 Å². The second-order valence-electron chi connectivity index (χ2n) is 0.206. The van der Waals surface area contributed by atoms with Gasteiger partial charge in [0, 0.05) is 0 Å². The van der Waals surface area contributed by atoms with Crippen molar-refractivity contribution in [1.82, 2.24) is 0 Å². The molecule has 0 saturated heterocycles. The third-order valence-electron chi connectivity index (χ3n) is 0.0423. The molecule has 0 heterocycles. The van der Waals surface area contributed by atoms with Crippen molar-refractivity contribution >= 4 is 0 Å². The van der Waals surface area contributed by atoms with Gasteiger partial charge >= 0.3 is 0 Å². The molecule has 2 radical (unpaired) electrons. The van der Waals surface area contributed by atoms with E-state index in [1.807, 2.05) is 0 Å². The zero-order valence-corrected chi connectivity index (χ0v) is 1.83. The minimum atomic E-state index is 0.736. The van der Waals surface area contributed by atoms with Crippen LogP contribution < -0.4 is 0 Å². The minimum Gasteiger partial charge on any atom is -0.217 e.